The molecule has 0 atom stereocenters. The third-order valence-electron chi connectivity index (χ3n) is 3.08. The molecule has 0 aliphatic carbocycles. The largest absolute Gasteiger partial charge is 0.452 e. The van der Waals surface area contributed by atoms with Gasteiger partial charge >= 0.3 is 5.97 Å². The maximum Gasteiger partial charge on any atom is 0.338 e. The zero-order chi connectivity index (χ0) is 16.8. The van der Waals surface area contributed by atoms with Crippen LogP contribution in [0.2, 0.25) is 0 Å². The van der Waals surface area contributed by atoms with E-state index in [4.69, 9.17) is 4.74 Å². The van der Waals surface area contributed by atoms with Gasteiger partial charge in [0, 0.05) is 24.3 Å². The van der Waals surface area contributed by atoms with Gasteiger partial charge in [-0.2, -0.15) is 0 Å². The lowest BCUT2D eigenvalue weighted by molar-refractivity contribution is -0.125. The highest BCUT2D eigenvalue weighted by Crippen LogP contribution is 2.15. The van der Waals surface area contributed by atoms with Crippen LogP contribution in [0.1, 0.15) is 45.0 Å². The lowest BCUT2D eigenvalue weighted by atomic mass is 10.1. The lowest BCUT2D eigenvalue weighted by Gasteiger charge is -2.21. The van der Waals surface area contributed by atoms with Gasteiger partial charge in [-0.25, -0.2) is 4.79 Å². The Morgan fingerprint density at radius 2 is 1.64 bits per heavy atom. The molecule has 0 heterocycles. The second kappa shape index (κ2) is 7.82. The van der Waals surface area contributed by atoms with Crippen LogP contribution in [0.25, 0.3) is 0 Å². The summed E-state index contributed by atoms with van der Waals surface area (Å²) in [5.41, 5.74) is 1.17. The maximum absolute atomic E-state index is 11.9. The minimum Gasteiger partial charge on any atom is -0.452 e. The fraction of sp³-hybridized carbons (Fsp3) is 0.529. The van der Waals surface area contributed by atoms with Crippen molar-refractivity contribution < 1.29 is 14.3 Å². The zero-order valence-electron chi connectivity index (χ0n) is 14.1. The Bertz CT molecular complexity index is 500. The van der Waals surface area contributed by atoms with Gasteiger partial charge < -0.3 is 15.0 Å². The smallest absolute Gasteiger partial charge is 0.338 e. The van der Waals surface area contributed by atoms with Crippen molar-refractivity contribution in [3.8, 4) is 0 Å². The minimum atomic E-state index is -0.491. The van der Waals surface area contributed by atoms with Gasteiger partial charge in [-0.3, -0.25) is 4.79 Å². The molecule has 1 aromatic carbocycles. The summed E-state index contributed by atoms with van der Waals surface area (Å²) in [7, 11) is 0. The summed E-state index contributed by atoms with van der Waals surface area (Å²) in [4.78, 5) is 25.7. The van der Waals surface area contributed by atoms with Crippen molar-refractivity contribution in [1.82, 2.24) is 5.32 Å². The molecule has 1 aromatic rings. The maximum atomic E-state index is 11.9. The number of hydrogen-bond donors (Lipinski definition) is 1. The summed E-state index contributed by atoms with van der Waals surface area (Å²) in [5, 5.41) is 2.74. The van der Waals surface area contributed by atoms with Crippen molar-refractivity contribution in [2.24, 2.45) is 0 Å². The zero-order valence-corrected chi connectivity index (χ0v) is 14.1. The normalized spacial score (nSPS) is 11.0. The van der Waals surface area contributed by atoms with Gasteiger partial charge in [-0.15, -0.1) is 0 Å². The summed E-state index contributed by atoms with van der Waals surface area (Å²) < 4.78 is 5.02. The molecule has 0 aliphatic heterocycles. The number of esters is 1. The molecule has 0 saturated carbocycles. The molecule has 0 aromatic heterocycles. The van der Waals surface area contributed by atoms with Crippen LogP contribution >= 0.6 is 0 Å². The van der Waals surface area contributed by atoms with Crippen molar-refractivity contribution in [3.05, 3.63) is 29.8 Å². The number of carbonyl (C=O) groups is 2. The van der Waals surface area contributed by atoms with E-state index in [1.165, 1.54) is 0 Å². The quantitative estimate of drug-likeness (QED) is 0.821. The Morgan fingerprint density at radius 1 is 1.09 bits per heavy atom. The van der Waals surface area contributed by atoms with E-state index in [9.17, 15) is 9.59 Å². The van der Waals surface area contributed by atoms with Crippen LogP contribution in [-0.4, -0.2) is 37.1 Å². The van der Waals surface area contributed by atoms with Gasteiger partial charge in [-0.05, 0) is 58.9 Å². The predicted molar refractivity (Wildman–Crippen MR) is 88.2 cm³/mol. The van der Waals surface area contributed by atoms with E-state index in [0.29, 0.717) is 5.56 Å². The predicted octanol–water partition coefficient (Wildman–Crippen LogP) is 2.60. The van der Waals surface area contributed by atoms with Gasteiger partial charge in [0.2, 0.25) is 0 Å². The molecule has 22 heavy (non-hydrogen) atoms. The van der Waals surface area contributed by atoms with Gasteiger partial charge in [0.1, 0.15) is 0 Å². The highest BCUT2D eigenvalue weighted by Gasteiger charge is 2.16. The van der Waals surface area contributed by atoms with Gasteiger partial charge in [0.25, 0.3) is 5.91 Å². The first-order valence-corrected chi connectivity index (χ1v) is 7.60. The summed E-state index contributed by atoms with van der Waals surface area (Å²) in [6.07, 6.45) is 0. The summed E-state index contributed by atoms with van der Waals surface area (Å²) in [6.45, 7) is 11.3. The van der Waals surface area contributed by atoms with Crippen molar-refractivity contribution in [2.45, 2.75) is 40.2 Å². The molecule has 5 nitrogen and oxygen atoms in total. The molecule has 1 amide bonds. The molecule has 0 saturated heterocycles. The van der Waals surface area contributed by atoms with Crippen molar-refractivity contribution in [1.29, 1.82) is 0 Å². The van der Waals surface area contributed by atoms with Crippen LogP contribution in [0.5, 0.6) is 0 Å². The minimum absolute atomic E-state index is 0.270. The topological polar surface area (TPSA) is 58.6 Å². The van der Waals surface area contributed by atoms with Gasteiger partial charge in [0.05, 0.1) is 5.56 Å². The van der Waals surface area contributed by atoms with E-state index in [1.54, 1.807) is 12.1 Å². The van der Waals surface area contributed by atoms with E-state index in [0.717, 1.165) is 18.8 Å². The first-order chi connectivity index (χ1) is 10.3. The summed E-state index contributed by atoms with van der Waals surface area (Å²) >= 11 is 0. The van der Waals surface area contributed by atoms with Crippen LogP contribution in [0.3, 0.4) is 0 Å². The van der Waals surface area contributed by atoms with E-state index < -0.39 is 5.97 Å². The number of carbonyl (C=O) groups excluding carboxylic acids is 2. The highest BCUT2D eigenvalue weighted by molar-refractivity contribution is 5.91. The molecule has 0 spiro atoms. The van der Waals surface area contributed by atoms with Crippen LogP contribution in [0.15, 0.2) is 24.3 Å². The number of anilines is 1. The molecule has 122 valence electrons. The molecule has 0 radical (unpaired) electrons. The lowest BCUT2D eigenvalue weighted by Crippen LogP contribution is -2.42. The average Bonchev–Trinajstić information content (AvgIpc) is 2.45. The number of nitrogens with zero attached hydrogens (tertiary/aromatic N) is 1. The molecular formula is C17H26N2O3. The van der Waals surface area contributed by atoms with Crippen molar-refractivity contribution in [3.63, 3.8) is 0 Å². The fourth-order valence-corrected chi connectivity index (χ4v) is 2.07. The molecule has 1 rings (SSSR count). The Labute approximate surface area is 132 Å². The summed E-state index contributed by atoms with van der Waals surface area (Å²) in [6, 6.07) is 7.22. The molecule has 0 unspecified atom stereocenters. The molecule has 0 aliphatic rings. The third-order valence-corrected chi connectivity index (χ3v) is 3.08. The van der Waals surface area contributed by atoms with Crippen LogP contribution in [0.4, 0.5) is 5.69 Å². The standard InChI is InChI=1S/C17H26N2O3/c1-6-19(7-2)14-10-8-13(9-11-14)16(21)22-12-15(20)18-17(3,4)5/h8-11H,6-7,12H2,1-5H3,(H,18,20). The van der Waals surface area contributed by atoms with E-state index in [-0.39, 0.29) is 18.1 Å². The Morgan fingerprint density at radius 3 is 2.09 bits per heavy atom. The van der Waals surface area contributed by atoms with E-state index in [1.807, 2.05) is 32.9 Å². The Hall–Kier alpha value is -2.04. The van der Waals surface area contributed by atoms with Crippen LogP contribution in [-0.2, 0) is 9.53 Å². The van der Waals surface area contributed by atoms with E-state index in [2.05, 4.69) is 24.1 Å². The second-order valence-corrected chi connectivity index (χ2v) is 6.09. The van der Waals surface area contributed by atoms with Crippen LogP contribution < -0.4 is 10.2 Å². The SMILES string of the molecule is CCN(CC)c1ccc(C(=O)OCC(=O)NC(C)(C)C)cc1. The number of ether oxygens (including phenoxy) is 1. The number of benzene rings is 1. The number of nitrogens with one attached hydrogen (secondary N) is 1. The number of amides is 1. The monoisotopic (exact) mass is 306 g/mol. The summed E-state index contributed by atoms with van der Waals surface area (Å²) in [5.74, 6) is -0.796. The number of hydrogen-bond acceptors (Lipinski definition) is 4. The molecular weight excluding hydrogens is 280 g/mol. The van der Waals surface area contributed by atoms with Gasteiger partial charge in [0.15, 0.2) is 6.61 Å². The molecule has 1 N–H and O–H groups in total. The molecule has 5 heteroatoms. The van der Waals surface area contributed by atoms with Crippen molar-refractivity contribution >= 4 is 17.6 Å². The van der Waals surface area contributed by atoms with Crippen molar-refractivity contribution in [2.75, 3.05) is 24.6 Å². The first kappa shape index (κ1) is 18.0. The average molecular weight is 306 g/mol. The molecule has 0 fully saturated rings. The fourth-order valence-electron chi connectivity index (χ4n) is 2.07. The van der Waals surface area contributed by atoms with E-state index >= 15 is 0 Å². The van der Waals surface area contributed by atoms with Crippen LogP contribution in [0, 0.1) is 0 Å². The number of rotatable bonds is 6. The van der Waals surface area contributed by atoms with Gasteiger partial charge in [-0.1, -0.05) is 0 Å². The third kappa shape index (κ3) is 5.76. The Balaban J connectivity index is 2.58. The Kier molecular flexibility index (Phi) is 6.40. The molecule has 0 bridgehead atoms. The first-order valence-electron chi connectivity index (χ1n) is 7.60. The highest BCUT2D eigenvalue weighted by atomic mass is 16.5. The second-order valence-electron chi connectivity index (χ2n) is 6.09.